The zero-order chi connectivity index (χ0) is 18.2. The van der Waals surface area contributed by atoms with Crippen LogP contribution in [0.3, 0.4) is 0 Å². The lowest BCUT2D eigenvalue weighted by Crippen LogP contribution is -2.15. The van der Waals surface area contributed by atoms with E-state index in [-0.39, 0.29) is 5.41 Å². The predicted octanol–water partition coefficient (Wildman–Crippen LogP) is 5.67. The van der Waals surface area contributed by atoms with E-state index in [4.69, 9.17) is 10.1 Å². The highest BCUT2D eigenvalue weighted by Crippen LogP contribution is 2.33. The first-order chi connectivity index (χ1) is 11.8. The molecule has 0 aliphatic carbocycles. The van der Waals surface area contributed by atoms with Crippen molar-refractivity contribution in [2.75, 3.05) is 5.75 Å². The summed E-state index contributed by atoms with van der Waals surface area (Å²) in [6.45, 7) is 14.7. The van der Waals surface area contributed by atoms with Gasteiger partial charge in [0.05, 0.1) is 11.4 Å². The molecule has 1 aromatic carbocycles. The molecule has 130 valence electrons. The van der Waals surface area contributed by atoms with Crippen molar-refractivity contribution < 1.29 is 0 Å². The van der Waals surface area contributed by atoms with E-state index in [2.05, 4.69) is 71.5 Å². The van der Waals surface area contributed by atoms with Gasteiger partial charge in [-0.05, 0) is 25.5 Å². The second-order valence-corrected chi connectivity index (χ2v) is 8.53. The molecule has 0 radical (unpaired) electrons. The molecule has 0 N–H and O–H groups in total. The van der Waals surface area contributed by atoms with Crippen LogP contribution in [0.25, 0.3) is 16.8 Å². The Morgan fingerprint density at radius 2 is 1.88 bits per heavy atom. The summed E-state index contributed by atoms with van der Waals surface area (Å²) in [6, 6.07) is 12.6. The Morgan fingerprint density at radius 3 is 2.48 bits per heavy atom. The molecular formula is C21H25N3S. The molecule has 3 aromatic rings. The van der Waals surface area contributed by atoms with Crippen LogP contribution in [-0.2, 0) is 5.41 Å². The minimum Gasteiger partial charge on any atom is -0.232 e. The summed E-state index contributed by atoms with van der Waals surface area (Å²) in [6.07, 6.45) is 0. The Bertz CT molecular complexity index is 918. The van der Waals surface area contributed by atoms with Crippen LogP contribution < -0.4 is 0 Å². The average molecular weight is 352 g/mol. The van der Waals surface area contributed by atoms with Gasteiger partial charge in [-0.2, -0.15) is 5.10 Å². The smallest absolute Gasteiger partial charge is 0.164 e. The van der Waals surface area contributed by atoms with Crippen molar-refractivity contribution in [3.63, 3.8) is 0 Å². The number of hydrogen-bond acceptors (Lipinski definition) is 3. The van der Waals surface area contributed by atoms with Crippen LogP contribution in [-0.4, -0.2) is 20.4 Å². The van der Waals surface area contributed by atoms with Crippen LogP contribution in [0.2, 0.25) is 0 Å². The maximum atomic E-state index is 5.00. The zero-order valence-electron chi connectivity index (χ0n) is 15.6. The zero-order valence-corrected chi connectivity index (χ0v) is 16.4. The minimum atomic E-state index is -0.0214. The molecule has 2 aromatic heterocycles. The van der Waals surface area contributed by atoms with Crippen molar-refractivity contribution in [2.45, 2.75) is 45.1 Å². The first-order valence-electron chi connectivity index (χ1n) is 8.51. The van der Waals surface area contributed by atoms with E-state index in [0.717, 1.165) is 44.5 Å². The molecule has 25 heavy (non-hydrogen) atoms. The second-order valence-electron chi connectivity index (χ2n) is 7.54. The van der Waals surface area contributed by atoms with Gasteiger partial charge in [0.25, 0.3) is 0 Å². The third-order valence-electron chi connectivity index (χ3n) is 4.03. The fourth-order valence-corrected chi connectivity index (χ4v) is 3.56. The number of thioether (sulfide) groups is 1. The number of benzene rings is 1. The summed E-state index contributed by atoms with van der Waals surface area (Å²) in [7, 11) is 0. The molecule has 0 unspecified atom stereocenters. The molecule has 0 atom stereocenters. The third kappa shape index (κ3) is 3.64. The van der Waals surface area contributed by atoms with Crippen LogP contribution >= 0.6 is 11.8 Å². The summed E-state index contributed by atoms with van der Waals surface area (Å²) >= 11 is 1.77. The van der Waals surface area contributed by atoms with Crippen LogP contribution in [0.1, 0.15) is 39.1 Å². The molecular weight excluding hydrogens is 326 g/mol. The predicted molar refractivity (Wildman–Crippen MR) is 107 cm³/mol. The Morgan fingerprint density at radius 1 is 1.20 bits per heavy atom. The number of aromatic nitrogens is 3. The fraction of sp³-hybridized carbons (Fsp3) is 0.333. The SMILES string of the molecule is C=C(C)CSc1cc(C(C)(C)C)nc2c(-c3ccccc3)c(C)nn12. The molecule has 0 aliphatic heterocycles. The van der Waals surface area contributed by atoms with Crippen molar-refractivity contribution in [2.24, 2.45) is 0 Å². The van der Waals surface area contributed by atoms with Crippen molar-refractivity contribution in [1.29, 1.82) is 0 Å². The van der Waals surface area contributed by atoms with Gasteiger partial charge in [-0.1, -0.05) is 63.3 Å². The topological polar surface area (TPSA) is 30.2 Å². The van der Waals surface area contributed by atoms with E-state index in [0.29, 0.717) is 0 Å². The number of rotatable bonds is 4. The molecule has 0 bridgehead atoms. The molecule has 3 rings (SSSR count). The van der Waals surface area contributed by atoms with E-state index < -0.39 is 0 Å². The lowest BCUT2D eigenvalue weighted by molar-refractivity contribution is 0.563. The standard InChI is InChI=1S/C21H25N3S/c1-14(2)13-25-18-12-17(21(4,5)6)22-20-19(15(3)23-24(18)20)16-10-8-7-9-11-16/h7-12H,1,13H2,2-6H3. The van der Waals surface area contributed by atoms with Gasteiger partial charge in [0.2, 0.25) is 0 Å². The summed E-state index contributed by atoms with van der Waals surface area (Å²) < 4.78 is 1.99. The normalized spacial score (nSPS) is 11.9. The lowest BCUT2D eigenvalue weighted by Gasteiger charge is -2.19. The maximum absolute atomic E-state index is 5.00. The quantitative estimate of drug-likeness (QED) is 0.344. The van der Waals surface area contributed by atoms with Crippen LogP contribution in [0, 0.1) is 6.92 Å². The summed E-state index contributed by atoms with van der Waals surface area (Å²) in [5, 5.41) is 5.91. The molecule has 4 heteroatoms. The Labute approximate surface area is 154 Å². The highest BCUT2D eigenvalue weighted by atomic mass is 32.2. The van der Waals surface area contributed by atoms with Gasteiger partial charge in [0.15, 0.2) is 5.65 Å². The largest absolute Gasteiger partial charge is 0.232 e. The highest BCUT2D eigenvalue weighted by Gasteiger charge is 2.22. The van der Waals surface area contributed by atoms with E-state index >= 15 is 0 Å². The molecule has 3 nitrogen and oxygen atoms in total. The minimum absolute atomic E-state index is 0.0214. The first kappa shape index (κ1) is 17.7. The average Bonchev–Trinajstić information content (AvgIpc) is 2.88. The van der Waals surface area contributed by atoms with Crippen molar-refractivity contribution in [1.82, 2.24) is 14.6 Å². The number of fused-ring (bicyclic) bond motifs is 1. The van der Waals surface area contributed by atoms with Gasteiger partial charge in [0.1, 0.15) is 5.03 Å². The number of hydrogen-bond donors (Lipinski definition) is 0. The van der Waals surface area contributed by atoms with Crippen LogP contribution in [0.4, 0.5) is 0 Å². The fourth-order valence-electron chi connectivity index (χ4n) is 2.72. The van der Waals surface area contributed by atoms with E-state index in [9.17, 15) is 0 Å². The first-order valence-corrected chi connectivity index (χ1v) is 9.49. The van der Waals surface area contributed by atoms with E-state index in [1.54, 1.807) is 11.8 Å². The van der Waals surface area contributed by atoms with Crippen LogP contribution in [0.15, 0.2) is 53.6 Å². The highest BCUT2D eigenvalue weighted by molar-refractivity contribution is 7.99. The maximum Gasteiger partial charge on any atom is 0.164 e. The van der Waals surface area contributed by atoms with Gasteiger partial charge in [-0.25, -0.2) is 9.50 Å². The van der Waals surface area contributed by atoms with E-state index in [1.807, 2.05) is 10.6 Å². The van der Waals surface area contributed by atoms with Crippen molar-refractivity contribution in [3.05, 3.63) is 59.9 Å². The van der Waals surface area contributed by atoms with Crippen molar-refractivity contribution >= 4 is 17.4 Å². The van der Waals surface area contributed by atoms with Gasteiger partial charge in [0, 0.05) is 16.7 Å². The Kier molecular flexibility index (Phi) is 4.74. The van der Waals surface area contributed by atoms with Gasteiger partial charge in [-0.3, -0.25) is 0 Å². The molecule has 0 amide bonds. The van der Waals surface area contributed by atoms with E-state index in [1.165, 1.54) is 0 Å². The molecule has 0 saturated carbocycles. The monoisotopic (exact) mass is 351 g/mol. The van der Waals surface area contributed by atoms with Gasteiger partial charge < -0.3 is 0 Å². The van der Waals surface area contributed by atoms with Gasteiger partial charge in [-0.15, -0.1) is 11.8 Å². The molecule has 0 aliphatic rings. The molecule has 2 heterocycles. The molecule has 0 spiro atoms. The summed E-state index contributed by atoms with van der Waals surface area (Å²) in [5.74, 6) is 0.877. The second kappa shape index (κ2) is 6.68. The van der Waals surface area contributed by atoms with Crippen molar-refractivity contribution in [3.8, 4) is 11.1 Å². The third-order valence-corrected chi connectivity index (χ3v) is 5.25. The number of nitrogens with zero attached hydrogens (tertiary/aromatic N) is 3. The van der Waals surface area contributed by atoms with Crippen LogP contribution in [0.5, 0.6) is 0 Å². The molecule has 0 saturated heterocycles. The Balaban J connectivity index is 2.27. The van der Waals surface area contributed by atoms with Gasteiger partial charge >= 0.3 is 0 Å². The summed E-state index contributed by atoms with van der Waals surface area (Å²) in [4.78, 5) is 5.00. The molecule has 0 fully saturated rings. The lowest BCUT2D eigenvalue weighted by atomic mass is 9.92. The Hall–Kier alpha value is -2.07. The summed E-state index contributed by atoms with van der Waals surface area (Å²) in [5.41, 5.74) is 6.42. The number of aryl methyl sites for hydroxylation is 1.